The average Bonchev–Trinajstić information content (AvgIpc) is 2.28. The van der Waals surface area contributed by atoms with E-state index in [-0.39, 0.29) is 15.7 Å². The molecule has 0 spiro atoms. The Morgan fingerprint density at radius 3 is 2.72 bits per heavy atom. The first-order chi connectivity index (χ1) is 8.43. The first-order valence-corrected chi connectivity index (χ1v) is 6.32. The highest BCUT2D eigenvalue weighted by Gasteiger charge is 2.20. The summed E-state index contributed by atoms with van der Waals surface area (Å²) in [6, 6.07) is 4.28. The molecule has 0 radical (unpaired) electrons. The summed E-state index contributed by atoms with van der Waals surface area (Å²) >= 11 is 3.06. The van der Waals surface area contributed by atoms with Crippen molar-refractivity contribution in [3.8, 4) is 0 Å². The lowest BCUT2D eigenvalue weighted by Gasteiger charge is -2.07. The quantitative estimate of drug-likeness (QED) is 0.473. The molecule has 98 valence electrons. The number of benzene rings is 1. The molecule has 0 heterocycles. The molecule has 0 atom stereocenters. The molecule has 0 fully saturated rings. The molecule has 0 N–H and O–H groups in total. The summed E-state index contributed by atoms with van der Waals surface area (Å²) < 4.78 is 5.22. The van der Waals surface area contributed by atoms with Gasteiger partial charge in [-0.2, -0.15) is 0 Å². The van der Waals surface area contributed by atoms with Gasteiger partial charge in [-0.1, -0.05) is 19.9 Å². The van der Waals surface area contributed by atoms with Crippen LogP contribution < -0.4 is 0 Å². The fraction of sp³-hybridized carbons (Fsp3) is 0.417. The van der Waals surface area contributed by atoms with Crippen molar-refractivity contribution in [2.75, 3.05) is 6.61 Å². The molecule has 0 unspecified atom stereocenters. The minimum absolute atomic E-state index is 0.145. The first-order valence-electron chi connectivity index (χ1n) is 5.53. The zero-order valence-electron chi connectivity index (χ0n) is 10.2. The average molecular weight is 316 g/mol. The van der Waals surface area contributed by atoms with E-state index in [2.05, 4.69) is 15.9 Å². The van der Waals surface area contributed by atoms with Gasteiger partial charge in [0, 0.05) is 6.07 Å². The molecule has 0 aliphatic rings. The Kier molecular flexibility index (Phi) is 5.27. The van der Waals surface area contributed by atoms with E-state index in [0.717, 1.165) is 6.42 Å². The molecule has 1 aromatic rings. The lowest BCUT2D eigenvalue weighted by atomic mass is 10.1. The van der Waals surface area contributed by atoms with Crippen LogP contribution in [0.3, 0.4) is 0 Å². The standard InChI is InChI=1S/C12H14BrNO4/c1-8(2)6-7-18-12(15)9-4-3-5-10(11(9)13)14(16)17/h3-5,8H,6-7H2,1-2H3. The van der Waals surface area contributed by atoms with E-state index in [4.69, 9.17) is 4.74 Å². The van der Waals surface area contributed by atoms with Gasteiger partial charge in [0.15, 0.2) is 0 Å². The van der Waals surface area contributed by atoms with Crippen LogP contribution in [0.2, 0.25) is 0 Å². The number of hydrogen-bond acceptors (Lipinski definition) is 4. The van der Waals surface area contributed by atoms with Crippen LogP contribution in [0.4, 0.5) is 5.69 Å². The van der Waals surface area contributed by atoms with Crippen molar-refractivity contribution < 1.29 is 14.5 Å². The Bertz CT molecular complexity index is 459. The summed E-state index contributed by atoms with van der Waals surface area (Å²) in [4.78, 5) is 21.9. The van der Waals surface area contributed by atoms with Gasteiger partial charge in [0.05, 0.1) is 17.1 Å². The second-order valence-electron chi connectivity index (χ2n) is 4.21. The summed E-state index contributed by atoms with van der Waals surface area (Å²) in [5, 5.41) is 10.7. The maximum Gasteiger partial charge on any atom is 0.339 e. The van der Waals surface area contributed by atoms with Crippen LogP contribution in [0.25, 0.3) is 0 Å². The van der Waals surface area contributed by atoms with Crippen molar-refractivity contribution in [3.63, 3.8) is 0 Å². The lowest BCUT2D eigenvalue weighted by Crippen LogP contribution is -2.09. The number of ether oxygens (including phenoxy) is 1. The van der Waals surface area contributed by atoms with Crippen molar-refractivity contribution in [1.82, 2.24) is 0 Å². The first kappa shape index (κ1) is 14.6. The number of nitrogens with zero attached hydrogens (tertiary/aromatic N) is 1. The second kappa shape index (κ2) is 6.49. The number of nitro groups is 1. The Morgan fingerprint density at radius 2 is 2.17 bits per heavy atom. The van der Waals surface area contributed by atoms with Crippen LogP contribution in [-0.4, -0.2) is 17.5 Å². The van der Waals surface area contributed by atoms with Gasteiger partial charge in [0.1, 0.15) is 4.47 Å². The van der Waals surface area contributed by atoms with E-state index in [1.54, 1.807) is 0 Å². The number of rotatable bonds is 5. The third kappa shape index (κ3) is 3.80. The van der Waals surface area contributed by atoms with Crippen molar-refractivity contribution >= 4 is 27.6 Å². The molecule has 0 saturated carbocycles. The van der Waals surface area contributed by atoms with E-state index < -0.39 is 10.9 Å². The van der Waals surface area contributed by atoms with Crippen LogP contribution >= 0.6 is 15.9 Å². The molecule has 18 heavy (non-hydrogen) atoms. The minimum Gasteiger partial charge on any atom is -0.462 e. The molecule has 0 amide bonds. The summed E-state index contributed by atoms with van der Waals surface area (Å²) in [5.74, 6) is -0.113. The molecular formula is C12H14BrNO4. The Labute approximate surface area is 113 Å². The van der Waals surface area contributed by atoms with E-state index in [1.165, 1.54) is 18.2 Å². The van der Waals surface area contributed by atoms with E-state index in [1.807, 2.05) is 13.8 Å². The molecule has 0 aliphatic carbocycles. The van der Waals surface area contributed by atoms with Crippen molar-refractivity contribution in [2.45, 2.75) is 20.3 Å². The van der Waals surface area contributed by atoms with Gasteiger partial charge in [-0.25, -0.2) is 4.79 Å². The summed E-state index contributed by atoms with van der Waals surface area (Å²) in [5.41, 5.74) is 0.0289. The maximum absolute atomic E-state index is 11.7. The van der Waals surface area contributed by atoms with Crippen molar-refractivity contribution in [1.29, 1.82) is 0 Å². The van der Waals surface area contributed by atoms with Gasteiger partial charge < -0.3 is 4.74 Å². The van der Waals surface area contributed by atoms with Crippen LogP contribution in [0.5, 0.6) is 0 Å². The number of carbonyl (C=O) groups is 1. The Morgan fingerprint density at radius 1 is 1.50 bits per heavy atom. The lowest BCUT2D eigenvalue weighted by molar-refractivity contribution is -0.385. The fourth-order valence-corrected chi connectivity index (χ4v) is 1.85. The Balaban J connectivity index is 2.80. The molecule has 0 bridgehead atoms. The van der Waals surface area contributed by atoms with Crippen LogP contribution in [0, 0.1) is 16.0 Å². The Hall–Kier alpha value is -1.43. The second-order valence-corrected chi connectivity index (χ2v) is 5.01. The third-order valence-electron chi connectivity index (χ3n) is 2.32. The molecule has 0 aromatic heterocycles. The SMILES string of the molecule is CC(C)CCOC(=O)c1cccc([N+](=O)[O-])c1Br. The normalized spacial score (nSPS) is 10.4. The third-order valence-corrected chi connectivity index (χ3v) is 3.16. The highest BCUT2D eigenvalue weighted by molar-refractivity contribution is 9.10. The van der Waals surface area contributed by atoms with E-state index >= 15 is 0 Å². The topological polar surface area (TPSA) is 69.4 Å². The zero-order valence-corrected chi connectivity index (χ0v) is 11.8. The van der Waals surface area contributed by atoms with Crippen LogP contribution in [0.15, 0.2) is 22.7 Å². The molecule has 6 heteroatoms. The highest BCUT2D eigenvalue weighted by atomic mass is 79.9. The molecular weight excluding hydrogens is 302 g/mol. The van der Waals surface area contributed by atoms with Gasteiger partial charge in [-0.3, -0.25) is 10.1 Å². The highest BCUT2D eigenvalue weighted by Crippen LogP contribution is 2.28. The van der Waals surface area contributed by atoms with Gasteiger partial charge in [0.25, 0.3) is 5.69 Å². The number of nitro benzene ring substituents is 1. The predicted octanol–water partition coefficient (Wildman–Crippen LogP) is 3.56. The number of hydrogen-bond donors (Lipinski definition) is 0. The number of esters is 1. The molecule has 1 rings (SSSR count). The molecule has 0 aliphatic heterocycles. The molecule has 1 aromatic carbocycles. The minimum atomic E-state index is -0.550. The van der Waals surface area contributed by atoms with Crippen molar-refractivity contribution in [2.24, 2.45) is 5.92 Å². The zero-order chi connectivity index (χ0) is 13.7. The summed E-state index contributed by atoms with van der Waals surface area (Å²) in [6.07, 6.45) is 0.762. The summed E-state index contributed by atoms with van der Waals surface area (Å²) in [7, 11) is 0. The van der Waals surface area contributed by atoms with E-state index in [9.17, 15) is 14.9 Å². The predicted molar refractivity (Wildman–Crippen MR) is 70.5 cm³/mol. The van der Waals surface area contributed by atoms with Gasteiger partial charge >= 0.3 is 5.97 Å². The summed E-state index contributed by atoms with van der Waals surface area (Å²) in [6.45, 7) is 4.36. The van der Waals surface area contributed by atoms with Crippen LogP contribution in [-0.2, 0) is 4.74 Å². The van der Waals surface area contributed by atoms with Crippen molar-refractivity contribution in [3.05, 3.63) is 38.3 Å². The number of carbonyl (C=O) groups excluding carboxylic acids is 1. The van der Waals surface area contributed by atoms with E-state index in [0.29, 0.717) is 12.5 Å². The smallest absolute Gasteiger partial charge is 0.339 e. The molecule has 0 saturated heterocycles. The van der Waals surface area contributed by atoms with Crippen LogP contribution in [0.1, 0.15) is 30.6 Å². The number of halogens is 1. The molecule has 5 nitrogen and oxygen atoms in total. The van der Waals surface area contributed by atoms with Gasteiger partial charge in [-0.15, -0.1) is 0 Å². The van der Waals surface area contributed by atoms with Gasteiger partial charge in [0.2, 0.25) is 0 Å². The fourth-order valence-electron chi connectivity index (χ4n) is 1.28. The van der Waals surface area contributed by atoms with Gasteiger partial charge in [-0.05, 0) is 34.3 Å². The largest absolute Gasteiger partial charge is 0.462 e. The monoisotopic (exact) mass is 315 g/mol. The maximum atomic E-state index is 11.7.